The standard InChI is InChI=1S/C16H22N2O4/c1-4-10(2)13(12-8-6-5-7-9-12)15(20)22-11(3)14(19)18-16(17)21/h5-11,13H,4H2,1-3H3,(H3,17,18,19,21)/t10-,11+,13+/m0/s1. The van der Waals surface area contributed by atoms with Gasteiger partial charge in [-0.25, -0.2) is 4.79 Å². The summed E-state index contributed by atoms with van der Waals surface area (Å²) in [5, 5.41) is 1.89. The molecule has 0 heterocycles. The third-order valence-electron chi connectivity index (χ3n) is 3.53. The monoisotopic (exact) mass is 306 g/mol. The van der Waals surface area contributed by atoms with Crippen LogP contribution in [-0.2, 0) is 14.3 Å². The summed E-state index contributed by atoms with van der Waals surface area (Å²) in [6.07, 6.45) is -0.299. The highest BCUT2D eigenvalue weighted by Gasteiger charge is 2.30. The summed E-state index contributed by atoms with van der Waals surface area (Å²) in [6, 6.07) is 8.29. The van der Waals surface area contributed by atoms with Crippen molar-refractivity contribution >= 4 is 17.9 Å². The molecule has 120 valence electrons. The van der Waals surface area contributed by atoms with E-state index in [2.05, 4.69) is 0 Å². The number of nitrogens with one attached hydrogen (secondary N) is 1. The summed E-state index contributed by atoms with van der Waals surface area (Å²) >= 11 is 0. The van der Waals surface area contributed by atoms with Gasteiger partial charge in [0.05, 0.1) is 5.92 Å². The van der Waals surface area contributed by atoms with Crippen LogP contribution < -0.4 is 11.1 Å². The van der Waals surface area contributed by atoms with E-state index in [1.807, 2.05) is 49.5 Å². The molecule has 0 fully saturated rings. The van der Waals surface area contributed by atoms with E-state index >= 15 is 0 Å². The zero-order valence-corrected chi connectivity index (χ0v) is 13.0. The first kappa shape index (κ1) is 17.7. The second kappa shape index (κ2) is 8.17. The number of rotatable bonds is 6. The molecule has 3 amide bonds. The molecular weight excluding hydrogens is 284 g/mol. The lowest BCUT2D eigenvalue weighted by atomic mass is 9.85. The summed E-state index contributed by atoms with van der Waals surface area (Å²) < 4.78 is 5.19. The van der Waals surface area contributed by atoms with Crippen LogP contribution in [0.15, 0.2) is 30.3 Å². The average molecular weight is 306 g/mol. The van der Waals surface area contributed by atoms with Crippen molar-refractivity contribution in [2.24, 2.45) is 11.7 Å². The number of ether oxygens (including phenoxy) is 1. The smallest absolute Gasteiger partial charge is 0.318 e. The minimum Gasteiger partial charge on any atom is -0.452 e. The van der Waals surface area contributed by atoms with Gasteiger partial charge in [-0.15, -0.1) is 0 Å². The molecule has 0 spiro atoms. The number of esters is 1. The van der Waals surface area contributed by atoms with Gasteiger partial charge in [-0.05, 0) is 18.4 Å². The number of amides is 3. The molecule has 0 aliphatic heterocycles. The molecule has 22 heavy (non-hydrogen) atoms. The Morgan fingerprint density at radius 3 is 2.27 bits per heavy atom. The summed E-state index contributed by atoms with van der Waals surface area (Å²) in [6.45, 7) is 5.33. The van der Waals surface area contributed by atoms with Crippen molar-refractivity contribution in [3.05, 3.63) is 35.9 Å². The van der Waals surface area contributed by atoms with E-state index in [4.69, 9.17) is 10.5 Å². The molecule has 0 bridgehead atoms. The Kier molecular flexibility index (Phi) is 6.56. The van der Waals surface area contributed by atoms with Gasteiger partial charge in [-0.2, -0.15) is 0 Å². The molecule has 3 atom stereocenters. The Bertz CT molecular complexity index is 530. The number of urea groups is 1. The fraction of sp³-hybridized carbons (Fsp3) is 0.438. The van der Waals surface area contributed by atoms with E-state index < -0.39 is 29.9 Å². The van der Waals surface area contributed by atoms with E-state index in [0.29, 0.717) is 0 Å². The molecule has 0 unspecified atom stereocenters. The molecule has 3 N–H and O–H groups in total. The van der Waals surface area contributed by atoms with Crippen LogP contribution in [-0.4, -0.2) is 24.0 Å². The van der Waals surface area contributed by atoms with Gasteiger partial charge in [0.2, 0.25) is 0 Å². The van der Waals surface area contributed by atoms with Crippen LogP contribution in [0.1, 0.15) is 38.7 Å². The maximum atomic E-state index is 12.4. The Labute approximate surface area is 130 Å². The molecule has 6 heteroatoms. The first-order chi connectivity index (χ1) is 10.4. The largest absolute Gasteiger partial charge is 0.452 e. The van der Waals surface area contributed by atoms with E-state index in [9.17, 15) is 14.4 Å². The lowest BCUT2D eigenvalue weighted by molar-refractivity contribution is -0.157. The Morgan fingerprint density at radius 2 is 1.77 bits per heavy atom. The quantitative estimate of drug-likeness (QED) is 0.785. The topological polar surface area (TPSA) is 98.5 Å². The van der Waals surface area contributed by atoms with Crippen molar-refractivity contribution in [1.29, 1.82) is 0 Å². The van der Waals surface area contributed by atoms with Crippen LogP contribution in [0.25, 0.3) is 0 Å². The summed E-state index contributed by atoms with van der Waals surface area (Å²) in [5.74, 6) is -1.64. The minimum atomic E-state index is -1.09. The summed E-state index contributed by atoms with van der Waals surface area (Å²) in [5.41, 5.74) is 5.71. The molecule has 1 aromatic carbocycles. The van der Waals surface area contributed by atoms with Gasteiger partial charge < -0.3 is 10.5 Å². The number of nitrogens with two attached hydrogens (primary N) is 1. The molecule has 1 aromatic rings. The van der Waals surface area contributed by atoms with Crippen LogP contribution in [0.3, 0.4) is 0 Å². The van der Waals surface area contributed by atoms with Gasteiger partial charge in [0.15, 0.2) is 6.10 Å². The minimum absolute atomic E-state index is 0.0568. The molecular formula is C16H22N2O4. The molecule has 0 aliphatic rings. The fourth-order valence-electron chi connectivity index (χ4n) is 2.12. The molecule has 1 rings (SSSR count). The van der Waals surface area contributed by atoms with Crippen LogP contribution >= 0.6 is 0 Å². The van der Waals surface area contributed by atoms with Crippen molar-refractivity contribution in [2.45, 2.75) is 39.2 Å². The number of carbonyl (C=O) groups is 3. The highest BCUT2D eigenvalue weighted by atomic mass is 16.5. The third kappa shape index (κ3) is 4.87. The normalized spacial score (nSPS) is 14.5. The van der Waals surface area contributed by atoms with Crippen LogP contribution in [0.2, 0.25) is 0 Å². The van der Waals surface area contributed by atoms with Gasteiger partial charge >= 0.3 is 12.0 Å². The Hall–Kier alpha value is -2.37. The number of hydrogen-bond donors (Lipinski definition) is 2. The highest BCUT2D eigenvalue weighted by molar-refractivity contribution is 5.96. The van der Waals surface area contributed by atoms with Gasteiger partial charge in [-0.1, -0.05) is 50.6 Å². The number of carbonyl (C=O) groups excluding carboxylic acids is 3. The number of imide groups is 1. The maximum absolute atomic E-state index is 12.4. The van der Waals surface area contributed by atoms with Gasteiger partial charge in [0.25, 0.3) is 5.91 Å². The van der Waals surface area contributed by atoms with Crippen LogP contribution in [0.5, 0.6) is 0 Å². The Morgan fingerprint density at radius 1 is 1.18 bits per heavy atom. The van der Waals surface area contributed by atoms with Crippen molar-refractivity contribution in [3.8, 4) is 0 Å². The van der Waals surface area contributed by atoms with Crippen LogP contribution in [0.4, 0.5) is 4.79 Å². The van der Waals surface area contributed by atoms with Crippen molar-refractivity contribution in [3.63, 3.8) is 0 Å². The van der Waals surface area contributed by atoms with Crippen molar-refractivity contribution < 1.29 is 19.1 Å². The SMILES string of the molecule is CC[C@H](C)[C@@H](C(=O)O[C@H](C)C(=O)NC(N)=O)c1ccccc1. The second-order valence-electron chi connectivity index (χ2n) is 5.21. The average Bonchev–Trinajstić information content (AvgIpc) is 2.47. The van der Waals surface area contributed by atoms with E-state index in [1.165, 1.54) is 6.92 Å². The Balaban J connectivity index is 2.85. The van der Waals surface area contributed by atoms with E-state index in [0.717, 1.165) is 12.0 Å². The molecule has 6 nitrogen and oxygen atoms in total. The summed E-state index contributed by atoms with van der Waals surface area (Å²) in [4.78, 5) is 34.7. The summed E-state index contributed by atoms with van der Waals surface area (Å²) in [7, 11) is 0. The molecule has 0 aromatic heterocycles. The fourth-order valence-corrected chi connectivity index (χ4v) is 2.12. The predicted molar refractivity (Wildman–Crippen MR) is 81.9 cm³/mol. The van der Waals surface area contributed by atoms with Gasteiger partial charge in [-0.3, -0.25) is 14.9 Å². The number of hydrogen-bond acceptors (Lipinski definition) is 4. The highest BCUT2D eigenvalue weighted by Crippen LogP contribution is 2.28. The molecule has 0 saturated heterocycles. The van der Waals surface area contributed by atoms with Crippen molar-refractivity contribution in [1.82, 2.24) is 5.32 Å². The first-order valence-corrected chi connectivity index (χ1v) is 7.22. The maximum Gasteiger partial charge on any atom is 0.318 e. The van der Waals surface area contributed by atoms with E-state index in [-0.39, 0.29) is 5.92 Å². The zero-order valence-electron chi connectivity index (χ0n) is 13.0. The van der Waals surface area contributed by atoms with Gasteiger partial charge in [0, 0.05) is 0 Å². The number of benzene rings is 1. The third-order valence-corrected chi connectivity index (χ3v) is 3.53. The molecule has 0 radical (unpaired) electrons. The lowest BCUT2D eigenvalue weighted by Crippen LogP contribution is -2.42. The van der Waals surface area contributed by atoms with Crippen molar-refractivity contribution in [2.75, 3.05) is 0 Å². The first-order valence-electron chi connectivity index (χ1n) is 7.22. The molecule has 0 saturated carbocycles. The van der Waals surface area contributed by atoms with Gasteiger partial charge in [0.1, 0.15) is 0 Å². The predicted octanol–water partition coefficient (Wildman–Crippen LogP) is 1.94. The lowest BCUT2D eigenvalue weighted by Gasteiger charge is -2.23. The second-order valence-corrected chi connectivity index (χ2v) is 5.21. The zero-order chi connectivity index (χ0) is 16.7. The van der Waals surface area contributed by atoms with Crippen LogP contribution in [0, 0.1) is 5.92 Å². The number of primary amides is 1. The van der Waals surface area contributed by atoms with E-state index in [1.54, 1.807) is 0 Å². The molecule has 0 aliphatic carbocycles.